The zero-order valence-corrected chi connectivity index (χ0v) is 9.89. The molecule has 2 atom stereocenters. The van der Waals surface area contributed by atoms with Gasteiger partial charge in [-0.15, -0.1) is 0 Å². The first-order valence-corrected chi connectivity index (χ1v) is 6.67. The van der Waals surface area contributed by atoms with Crippen LogP contribution in [0.4, 0.5) is 0 Å². The van der Waals surface area contributed by atoms with Crippen LogP contribution in [-0.2, 0) is 9.59 Å². The molecule has 3 aliphatic rings. The van der Waals surface area contributed by atoms with E-state index >= 15 is 0 Å². The number of carbonyl (C=O) groups is 2. The Bertz CT molecular complexity index is 335. The van der Waals surface area contributed by atoms with Gasteiger partial charge in [0.05, 0.1) is 11.8 Å². The highest BCUT2D eigenvalue weighted by Crippen LogP contribution is 2.49. The summed E-state index contributed by atoms with van der Waals surface area (Å²) in [5.41, 5.74) is 0. The predicted octanol–water partition coefficient (Wildman–Crippen LogP) is 1.26. The highest BCUT2D eigenvalue weighted by molar-refractivity contribution is 5.89. The number of nitrogens with one attached hydrogen (secondary N) is 1. The Labute approximate surface area is 101 Å². The molecule has 3 rings (SSSR count). The summed E-state index contributed by atoms with van der Waals surface area (Å²) in [6, 6.07) is 0. The Morgan fingerprint density at radius 2 is 1.71 bits per heavy atom. The van der Waals surface area contributed by atoms with Crippen LogP contribution < -0.4 is 5.32 Å². The number of aliphatic carboxylic acids is 1. The van der Waals surface area contributed by atoms with Crippen molar-refractivity contribution in [1.82, 2.24) is 5.32 Å². The van der Waals surface area contributed by atoms with Crippen molar-refractivity contribution >= 4 is 11.9 Å². The number of carboxylic acids is 1. The van der Waals surface area contributed by atoms with Crippen LogP contribution in [-0.4, -0.2) is 23.5 Å². The van der Waals surface area contributed by atoms with Gasteiger partial charge in [-0.05, 0) is 49.9 Å². The molecular formula is C13H19NO3. The molecular weight excluding hydrogens is 218 g/mol. The van der Waals surface area contributed by atoms with Crippen molar-refractivity contribution in [2.24, 2.45) is 29.6 Å². The largest absolute Gasteiger partial charge is 0.481 e. The van der Waals surface area contributed by atoms with E-state index < -0.39 is 11.9 Å². The lowest BCUT2D eigenvalue weighted by molar-refractivity contribution is -0.140. The fraction of sp³-hybridized carbons (Fsp3) is 0.846. The Morgan fingerprint density at radius 1 is 1.12 bits per heavy atom. The average Bonchev–Trinajstić information content (AvgIpc) is 3.13. The van der Waals surface area contributed by atoms with E-state index in [1.54, 1.807) is 0 Å². The molecule has 0 aromatic rings. The molecule has 0 radical (unpaired) electrons. The number of hydrogen-bond acceptors (Lipinski definition) is 2. The summed E-state index contributed by atoms with van der Waals surface area (Å²) in [6.45, 7) is 0.775. The van der Waals surface area contributed by atoms with E-state index in [2.05, 4.69) is 5.32 Å². The number of amides is 1. The lowest BCUT2D eigenvalue weighted by Crippen LogP contribution is -2.33. The molecule has 4 nitrogen and oxygen atoms in total. The summed E-state index contributed by atoms with van der Waals surface area (Å²) >= 11 is 0. The van der Waals surface area contributed by atoms with Gasteiger partial charge in [0.25, 0.3) is 0 Å². The molecule has 2 unspecified atom stereocenters. The summed E-state index contributed by atoms with van der Waals surface area (Å²) in [7, 11) is 0. The van der Waals surface area contributed by atoms with Gasteiger partial charge >= 0.3 is 5.97 Å². The van der Waals surface area contributed by atoms with Crippen LogP contribution in [0, 0.1) is 29.6 Å². The van der Waals surface area contributed by atoms with Gasteiger partial charge in [-0.1, -0.05) is 0 Å². The predicted molar refractivity (Wildman–Crippen MR) is 61.2 cm³/mol. The van der Waals surface area contributed by atoms with Crippen molar-refractivity contribution in [2.45, 2.75) is 32.1 Å². The molecule has 2 N–H and O–H groups in total. The second-order valence-electron chi connectivity index (χ2n) is 5.87. The lowest BCUT2D eigenvalue weighted by atomic mass is 9.98. The van der Waals surface area contributed by atoms with Crippen LogP contribution in [0.25, 0.3) is 0 Å². The first-order valence-electron chi connectivity index (χ1n) is 6.67. The third kappa shape index (κ3) is 2.45. The SMILES string of the molecule is O=C(O)C1CC1C(=O)NCC(C1CC1)C1CC1. The third-order valence-corrected chi connectivity index (χ3v) is 4.41. The summed E-state index contributed by atoms with van der Waals surface area (Å²) < 4.78 is 0. The van der Waals surface area contributed by atoms with Gasteiger partial charge in [-0.3, -0.25) is 9.59 Å². The molecule has 0 saturated heterocycles. The zero-order chi connectivity index (χ0) is 12.0. The summed E-state index contributed by atoms with van der Waals surface area (Å²) in [4.78, 5) is 22.4. The minimum atomic E-state index is -0.828. The Balaban J connectivity index is 1.44. The van der Waals surface area contributed by atoms with Gasteiger partial charge in [-0.2, -0.15) is 0 Å². The van der Waals surface area contributed by atoms with Crippen molar-refractivity contribution < 1.29 is 14.7 Å². The Hall–Kier alpha value is -1.06. The number of carbonyl (C=O) groups excluding carboxylic acids is 1. The van der Waals surface area contributed by atoms with Crippen molar-refractivity contribution in [3.05, 3.63) is 0 Å². The molecule has 1 amide bonds. The van der Waals surface area contributed by atoms with Gasteiger partial charge in [0.2, 0.25) is 5.91 Å². The summed E-state index contributed by atoms with van der Waals surface area (Å²) in [5.74, 6) is 0.784. The molecule has 17 heavy (non-hydrogen) atoms. The Morgan fingerprint density at radius 3 is 2.12 bits per heavy atom. The first kappa shape index (κ1) is 11.1. The first-order chi connectivity index (χ1) is 8.16. The third-order valence-electron chi connectivity index (χ3n) is 4.41. The fourth-order valence-electron chi connectivity index (χ4n) is 2.87. The summed E-state index contributed by atoms with van der Waals surface area (Å²) in [6.07, 6.45) is 5.80. The molecule has 3 fully saturated rings. The van der Waals surface area contributed by atoms with Crippen molar-refractivity contribution in [1.29, 1.82) is 0 Å². The van der Waals surface area contributed by atoms with Gasteiger partial charge in [0.1, 0.15) is 0 Å². The fourth-order valence-corrected chi connectivity index (χ4v) is 2.87. The van der Waals surface area contributed by atoms with E-state index in [1.165, 1.54) is 25.7 Å². The molecule has 3 saturated carbocycles. The van der Waals surface area contributed by atoms with Crippen LogP contribution in [0.15, 0.2) is 0 Å². The van der Waals surface area contributed by atoms with Crippen molar-refractivity contribution in [2.75, 3.05) is 6.54 Å². The topological polar surface area (TPSA) is 66.4 Å². The van der Waals surface area contributed by atoms with Crippen molar-refractivity contribution in [3.8, 4) is 0 Å². The van der Waals surface area contributed by atoms with E-state index in [0.29, 0.717) is 12.3 Å². The van der Waals surface area contributed by atoms with Crippen molar-refractivity contribution in [3.63, 3.8) is 0 Å². The van der Waals surface area contributed by atoms with Gasteiger partial charge in [0.15, 0.2) is 0 Å². The molecule has 0 heterocycles. The van der Waals surface area contributed by atoms with Crippen LogP contribution in [0.5, 0.6) is 0 Å². The van der Waals surface area contributed by atoms with E-state index in [1.807, 2.05) is 0 Å². The molecule has 4 heteroatoms. The smallest absolute Gasteiger partial charge is 0.307 e. The molecule has 0 spiro atoms. The van der Waals surface area contributed by atoms with Crippen LogP contribution >= 0.6 is 0 Å². The summed E-state index contributed by atoms with van der Waals surface area (Å²) in [5, 5.41) is 11.7. The molecule has 3 aliphatic carbocycles. The van der Waals surface area contributed by atoms with Crippen LogP contribution in [0.1, 0.15) is 32.1 Å². The molecule has 0 bridgehead atoms. The maximum absolute atomic E-state index is 11.7. The van der Waals surface area contributed by atoms with Gasteiger partial charge < -0.3 is 10.4 Å². The molecule has 0 aromatic carbocycles. The van der Waals surface area contributed by atoms with Gasteiger partial charge in [-0.25, -0.2) is 0 Å². The average molecular weight is 237 g/mol. The highest BCUT2D eigenvalue weighted by Gasteiger charge is 2.49. The highest BCUT2D eigenvalue weighted by atomic mass is 16.4. The normalized spacial score (nSPS) is 31.4. The van der Waals surface area contributed by atoms with Crippen LogP contribution in [0.2, 0.25) is 0 Å². The zero-order valence-electron chi connectivity index (χ0n) is 9.89. The quantitative estimate of drug-likeness (QED) is 0.731. The van der Waals surface area contributed by atoms with Gasteiger partial charge in [0, 0.05) is 6.54 Å². The Kier molecular flexibility index (Phi) is 2.60. The standard InChI is InChI=1S/C13H19NO3/c15-12(9-5-10(9)13(16)17)14-6-11(7-1-2-7)8-3-4-8/h7-11H,1-6H2,(H,14,15)(H,16,17). The van der Waals surface area contributed by atoms with E-state index in [0.717, 1.165) is 18.4 Å². The maximum atomic E-state index is 11.7. The lowest BCUT2D eigenvalue weighted by Gasteiger charge is -2.16. The molecule has 94 valence electrons. The molecule has 0 aromatic heterocycles. The van der Waals surface area contributed by atoms with E-state index in [-0.39, 0.29) is 11.8 Å². The van der Waals surface area contributed by atoms with Crippen LogP contribution in [0.3, 0.4) is 0 Å². The number of rotatable bonds is 6. The number of carboxylic acid groups (broad SMARTS) is 1. The minimum absolute atomic E-state index is 0.0382. The second kappa shape index (κ2) is 4.00. The monoisotopic (exact) mass is 237 g/mol. The van der Waals surface area contributed by atoms with E-state index in [9.17, 15) is 9.59 Å². The second-order valence-corrected chi connectivity index (χ2v) is 5.87. The minimum Gasteiger partial charge on any atom is -0.481 e. The maximum Gasteiger partial charge on any atom is 0.307 e. The number of hydrogen-bond donors (Lipinski definition) is 2. The van der Waals surface area contributed by atoms with E-state index in [4.69, 9.17) is 5.11 Å². The molecule has 0 aliphatic heterocycles.